The van der Waals surface area contributed by atoms with Crippen LogP contribution in [0.4, 0.5) is 0 Å². The summed E-state index contributed by atoms with van der Waals surface area (Å²) in [5.74, 6) is -0.806. The second-order valence-electron chi connectivity index (χ2n) is 4.72. The summed E-state index contributed by atoms with van der Waals surface area (Å²) in [6.45, 7) is 0.409. The fraction of sp³-hybridized carbons (Fsp3) is 0.385. The lowest BCUT2D eigenvalue weighted by Crippen LogP contribution is -2.41. The maximum absolute atomic E-state index is 11.2. The number of carbonyl (C=O) groups is 1. The van der Waals surface area contributed by atoms with Gasteiger partial charge >= 0.3 is 5.97 Å². The third-order valence-electron chi connectivity index (χ3n) is 3.22. The molecule has 18 heavy (non-hydrogen) atoms. The number of nitrogens with zero attached hydrogens (tertiary/aromatic N) is 2. The van der Waals surface area contributed by atoms with E-state index in [0.717, 1.165) is 23.9 Å². The van der Waals surface area contributed by atoms with E-state index >= 15 is 0 Å². The van der Waals surface area contributed by atoms with Crippen molar-refractivity contribution in [1.82, 2.24) is 14.9 Å². The molecule has 1 aliphatic rings. The molecule has 0 saturated heterocycles. The molecule has 1 unspecified atom stereocenters. The summed E-state index contributed by atoms with van der Waals surface area (Å²) in [5, 5.41) is 12.4. The van der Waals surface area contributed by atoms with Crippen LogP contribution in [0.3, 0.4) is 0 Å². The van der Waals surface area contributed by atoms with Gasteiger partial charge in [-0.2, -0.15) is 0 Å². The second kappa shape index (κ2) is 4.42. The number of aliphatic carboxylic acids is 1. The van der Waals surface area contributed by atoms with E-state index in [1.807, 2.05) is 28.8 Å². The summed E-state index contributed by atoms with van der Waals surface area (Å²) in [6, 6.07) is 7.58. The Morgan fingerprint density at radius 1 is 1.50 bits per heavy atom. The number of para-hydroxylation sites is 2. The van der Waals surface area contributed by atoms with Crippen molar-refractivity contribution in [3.63, 3.8) is 0 Å². The second-order valence-corrected chi connectivity index (χ2v) is 4.72. The molecule has 5 nitrogen and oxygen atoms in total. The summed E-state index contributed by atoms with van der Waals surface area (Å²) >= 11 is 0. The zero-order chi connectivity index (χ0) is 12.5. The molecule has 1 aliphatic carbocycles. The standard InChI is InChI=1S/C13H15N3O2/c17-13(18)11(15-9-5-6-9)7-16-8-14-10-3-1-2-4-12(10)16/h1-4,8-9,11,15H,5-7H2,(H,17,18). The number of aromatic nitrogens is 2. The normalized spacial score (nSPS) is 16.9. The smallest absolute Gasteiger partial charge is 0.322 e. The molecule has 2 N–H and O–H groups in total. The van der Waals surface area contributed by atoms with E-state index < -0.39 is 12.0 Å². The third-order valence-corrected chi connectivity index (χ3v) is 3.22. The van der Waals surface area contributed by atoms with E-state index in [1.54, 1.807) is 6.33 Å². The molecule has 0 bridgehead atoms. The Morgan fingerprint density at radius 3 is 3.00 bits per heavy atom. The van der Waals surface area contributed by atoms with Gasteiger partial charge < -0.3 is 15.0 Å². The van der Waals surface area contributed by atoms with Crippen molar-refractivity contribution in [3.05, 3.63) is 30.6 Å². The van der Waals surface area contributed by atoms with Crippen LogP contribution < -0.4 is 5.32 Å². The van der Waals surface area contributed by atoms with Crippen molar-refractivity contribution in [1.29, 1.82) is 0 Å². The third kappa shape index (κ3) is 2.22. The van der Waals surface area contributed by atoms with E-state index in [1.165, 1.54) is 0 Å². The van der Waals surface area contributed by atoms with Gasteiger partial charge in [0.1, 0.15) is 6.04 Å². The van der Waals surface area contributed by atoms with Crippen LogP contribution in [0.5, 0.6) is 0 Å². The maximum atomic E-state index is 11.2. The highest BCUT2D eigenvalue weighted by molar-refractivity contribution is 5.76. The van der Waals surface area contributed by atoms with Gasteiger partial charge in [-0.05, 0) is 25.0 Å². The lowest BCUT2D eigenvalue weighted by atomic mass is 10.2. The van der Waals surface area contributed by atoms with Crippen LogP contribution >= 0.6 is 0 Å². The van der Waals surface area contributed by atoms with Crippen molar-refractivity contribution in [2.24, 2.45) is 0 Å². The molecule has 3 rings (SSSR count). The van der Waals surface area contributed by atoms with E-state index in [4.69, 9.17) is 0 Å². The molecule has 1 atom stereocenters. The Kier molecular flexibility index (Phi) is 2.76. The zero-order valence-electron chi connectivity index (χ0n) is 9.91. The molecule has 0 aliphatic heterocycles. The van der Waals surface area contributed by atoms with Gasteiger partial charge in [-0.25, -0.2) is 4.98 Å². The molecule has 0 spiro atoms. The largest absolute Gasteiger partial charge is 0.480 e. The topological polar surface area (TPSA) is 67.1 Å². The summed E-state index contributed by atoms with van der Waals surface area (Å²) in [4.78, 5) is 15.5. The molecular formula is C13H15N3O2. The van der Waals surface area contributed by atoms with E-state index in [-0.39, 0.29) is 0 Å². The molecule has 1 aromatic heterocycles. The number of hydrogen-bond donors (Lipinski definition) is 2. The molecule has 1 saturated carbocycles. The predicted molar refractivity (Wildman–Crippen MR) is 67.3 cm³/mol. The highest BCUT2D eigenvalue weighted by atomic mass is 16.4. The Balaban J connectivity index is 1.82. The van der Waals surface area contributed by atoms with Crippen LogP contribution in [-0.4, -0.2) is 32.7 Å². The number of carboxylic acid groups (broad SMARTS) is 1. The first kappa shape index (κ1) is 11.2. The number of hydrogen-bond acceptors (Lipinski definition) is 3. The number of benzene rings is 1. The summed E-state index contributed by atoms with van der Waals surface area (Å²) in [7, 11) is 0. The number of carboxylic acids is 1. The number of nitrogens with one attached hydrogen (secondary N) is 1. The average molecular weight is 245 g/mol. The Labute approximate surface area is 104 Å². The van der Waals surface area contributed by atoms with Gasteiger partial charge in [-0.15, -0.1) is 0 Å². The van der Waals surface area contributed by atoms with Crippen LogP contribution in [0, 0.1) is 0 Å². The minimum Gasteiger partial charge on any atom is -0.480 e. The van der Waals surface area contributed by atoms with Gasteiger partial charge in [0, 0.05) is 6.04 Å². The van der Waals surface area contributed by atoms with Gasteiger partial charge in [0.05, 0.1) is 23.9 Å². The quantitative estimate of drug-likeness (QED) is 0.831. The van der Waals surface area contributed by atoms with Crippen molar-refractivity contribution < 1.29 is 9.90 Å². The molecule has 0 radical (unpaired) electrons. The van der Waals surface area contributed by atoms with Crippen molar-refractivity contribution >= 4 is 17.0 Å². The summed E-state index contributed by atoms with van der Waals surface area (Å²) in [6.07, 6.45) is 3.86. The monoisotopic (exact) mass is 245 g/mol. The SMILES string of the molecule is O=C(O)C(Cn1cnc2ccccc21)NC1CC1. The van der Waals surface area contributed by atoms with Crippen LogP contribution in [0.15, 0.2) is 30.6 Å². The number of fused-ring (bicyclic) bond motifs is 1. The first-order valence-electron chi connectivity index (χ1n) is 6.13. The Morgan fingerprint density at radius 2 is 2.28 bits per heavy atom. The van der Waals surface area contributed by atoms with Crippen LogP contribution in [-0.2, 0) is 11.3 Å². The minimum atomic E-state index is -0.806. The van der Waals surface area contributed by atoms with Crippen LogP contribution in [0.2, 0.25) is 0 Å². The van der Waals surface area contributed by atoms with Crippen molar-refractivity contribution in [2.75, 3.05) is 0 Å². The Hall–Kier alpha value is -1.88. The fourth-order valence-corrected chi connectivity index (χ4v) is 2.09. The van der Waals surface area contributed by atoms with Gasteiger partial charge in [0.25, 0.3) is 0 Å². The highest BCUT2D eigenvalue weighted by Gasteiger charge is 2.28. The Bertz CT molecular complexity index is 574. The predicted octanol–water partition coefficient (Wildman–Crippen LogP) is 1.24. The molecule has 1 heterocycles. The molecule has 1 aromatic carbocycles. The molecule has 94 valence electrons. The highest BCUT2D eigenvalue weighted by Crippen LogP contribution is 2.20. The zero-order valence-corrected chi connectivity index (χ0v) is 9.91. The minimum absolute atomic E-state index is 0.376. The molecule has 2 aromatic rings. The lowest BCUT2D eigenvalue weighted by molar-refractivity contribution is -0.139. The van der Waals surface area contributed by atoms with Gasteiger partial charge in [-0.1, -0.05) is 12.1 Å². The van der Waals surface area contributed by atoms with Crippen molar-refractivity contribution in [3.8, 4) is 0 Å². The number of imidazole rings is 1. The first-order valence-corrected chi connectivity index (χ1v) is 6.13. The average Bonchev–Trinajstić information content (AvgIpc) is 3.09. The van der Waals surface area contributed by atoms with Gasteiger partial charge in [0.2, 0.25) is 0 Å². The summed E-state index contributed by atoms with van der Waals surface area (Å²) < 4.78 is 1.89. The van der Waals surface area contributed by atoms with E-state index in [0.29, 0.717) is 12.6 Å². The van der Waals surface area contributed by atoms with Crippen LogP contribution in [0.1, 0.15) is 12.8 Å². The molecule has 0 amide bonds. The molecular weight excluding hydrogens is 230 g/mol. The maximum Gasteiger partial charge on any atom is 0.322 e. The molecule has 5 heteroatoms. The first-order chi connectivity index (χ1) is 8.74. The van der Waals surface area contributed by atoms with Crippen molar-refractivity contribution in [2.45, 2.75) is 31.5 Å². The van der Waals surface area contributed by atoms with E-state index in [2.05, 4.69) is 10.3 Å². The van der Waals surface area contributed by atoms with E-state index in [9.17, 15) is 9.90 Å². The van der Waals surface area contributed by atoms with Gasteiger partial charge in [0.15, 0.2) is 0 Å². The van der Waals surface area contributed by atoms with Crippen LogP contribution in [0.25, 0.3) is 11.0 Å². The fourth-order valence-electron chi connectivity index (χ4n) is 2.09. The molecule has 1 fully saturated rings. The summed E-state index contributed by atoms with van der Waals surface area (Å²) in [5.41, 5.74) is 1.87. The number of rotatable bonds is 5. The lowest BCUT2D eigenvalue weighted by Gasteiger charge is -2.15. The van der Waals surface area contributed by atoms with Gasteiger partial charge in [-0.3, -0.25) is 4.79 Å².